The molecule has 0 saturated carbocycles. The number of hydrogen-bond donors (Lipinski definition) is 2. The van der Waals surface area contributed by atoms with E-state index in [0.717, 1.165) is 117 Å². The van der Waals surface area contributed by atoms with Gasteiger partial charge in [0.15, 0.2) is 0 Å². The lowest BCUT2D eigenvalue weighted by Crippen LogP contribution is -2.44. The van der Waals surface area contributed by atoms with E-state index >= 15 is 0 Å². The summed E-state index contributed by atoms with van der Waals surface area (Å²) in [5, 5.41) is 5.56. The first-order chi connectivity index (χ1) is 42.9. The molecule has 21 heteroatoms. The fourth-order valence-corrected chi connectivity index (χ4v) is 9.95. The average molecular weight is 1320 g/mol. The number of carbonyl (C=O) groups is 7. The Morgan fingerprint density at radius 2 is 0.783 bits per heavy atom. The Hall–Kier alpha value is -3.99. The standard InChI is InChI=1S/C14H28N2O.C13H27N3O2.C12H26N2O.C11H24N2O2.C11H24N2O.C10H22N2O/c1-5-13-6-8-16(9-7-13)14(17)11-15(4)10-12(2)3;1-7-16(10-12(17)14(4)5)13(18)9-15(6)8-11(2)3;1-5-7-13-12(15)10-14(8-6-2)9-11(3)4;1-10(2)8-13(6-7-15-5)9-11(14)12(3)4;1-6-7-13(8-10(2)3)9-11(14)12(4)5;1-5-6-12(7-9(2)3)8-10(13)11-4/h12-13H,5-11H2,1-4H3;11H,7-10H2,1-6H3;11H,5-10H2,1-4H3,(H,13,15);10H,6-9H2,1-5H3;10H,6-9H2,1-5H3;9H,5-8H2,1-4H3,(H,11,13). The average Bonchev–Trinajstić information content (AvgIpc) is 1.34. The highest BCUT2D eigenvalue weighted by atomic mass is 16.5. The van der Waals surface area contributed by atoms with Gasteiger partial charge in [-0.2, -0.15) is 0 Å². The van der Waals surface area contributed by atoms with Crippen LogP contribution in [0.15, 0.2) is 0 Å². The maximum absolute atomic E-state index is 12.1. The number of likely N-dealkylation sites (tertiary alicyclic amines) is 1. The van der Waals surface area contributed by atoms with Crippen LogP contribution in [-0.4, -0.2) is 310 Å². The van der Waals surface area contributed by atoms with E-state index in [1.54, 1.807) is 57.0 Å². The number of amides is 7. The van der Waals surface area contributed by atoms with Gasteiger partial charge in [-0.25, -0.2) is 0 Å². The number of piperidine rings is 1. The van der Waals surface area contributed by atoms with E-state index in [1.165, 1.54) is 24.2 Å². The van der Waals surface area contributed by atoms with E-state index in [0.29, 0.717) is 93.8 Å². The van der Waals surface area contributed by atoms with Crippen molar-refractivity contribution in [2.75, 3.05) is 215 Å². The molecule has 0 aromatic carbocycles. The second-order valence-electron chi connectivity index (χ2n) is 28.2. The first-order valence-corrected chi connectivity index (χ1v) is 35.3. The number of rotatable bonds is 39. The van der Waals surface area contributed by atoms with Crippen LogP contribution in [0.5, 0.6) is 0 Å². The molecular formula is C71H151N13O8. The summed E-state index contributed by atoms with van der Waals surface area (Å²) in [4.78, 5) is 103. The van der Waals surface area contributed by atoms with Crippen LogP contribution in [-0.2, 0) is 38.3 Å². The number of nitrogens with zero attached hydrogens (tertiary/aromatic N) is 11. The molecule has 0 aliphatic carbocycles. The van der Waals surface area contributed by atoms with Gasteiger partial charge >= 0.3 is 0 Å². The molecule has 2 N–H and O–H groups in total. The molecular weight excluding hydrogens is 1160 g/mol. The highest BCUT2D eigenvalue weighted by molar-refractivity contribution is 5.85. The Morgan fingerprint density at radius 3 is 1.10 bits per heavy atom. The SMILES string of the molecule is CCC1CCN(C(=O)CN(C)CC(C)C)CC1.CCCN(CC(=O)N(C)C)CC(C)C.CCCN(CC(=O)NC)CC(C)C.CCCNC(=O)CN(CCC)CC(C)C.CCN(CC(=O)N(C)C)C(=O)CN(C)CC(C)C.COCCN(CC(=O)N(C)C)CC(C)C. The van der Waals surface area contributed by atoms with Crippen LogP contribution in [0, 0.1) is 41.4 Å². The molecule has 1 aliphatic rings. The zero-order valence-electron chi connectivity index (χ0n) is 65.2. The van der Waals surface area contributed by atoms with Crippen LogP contribution in [0.1, 0.15) is 170 Å². The van der Waals surface area contributed by atoms with Crippen molar-refractivity contribution in [3.8, 4) is 0 Å². The number of hydrogen-bond acceptors (Lipinski definition) is 14. The molecule has 1 aliphatic heterocycles. The Bertz CT molecular complexity index is 1830. The van der Waals surface area contributed by atoms with Gasteiger partial charge in [0.2, 0.25) is 41.4 Å². The molecule has 7 amide bonds. The Kier molecular flexibility index (Phi) is 63.8. The highest BCUT2D eigenvalue weighted by Crippen LogP contribution is 2.20. The molecule has 0 spiro atoms. The zero-order chi connectivity index (χ0) is 72.1. The van der Waals surface area contributed by atoms with Crippen molar-refractivity contribution in [1.29, 1.82) is 0 Å². The maximum atomic E-state index is 12.1. The lowest BCUT2D eigenvalue weighted by atomic mass is 9.94. The van der Waals surface area contributed by atoms with Gasteiger partial charge in [0.1, 0.15) is 0 Å². The monoisotopic (exact) mass is 1310 g/mol. The van der Waals surface area contributed by atoms with Gasteiger partial charge in [0, 0.05) is 128 Å². The van der Waals surface area contributed by atoms with Gasteiger partial charge in [-0.15, -0.1) is 0 Å². The van der Waals surface area contributed by atoms with Gasteiger partial charge in [-0.3, -0.25) is 63.0 Å². The van der Waals surface area contributed by atoms with Gasteiger partial charge in [-0.05, 0) is 121 Å². The lowest BCUT2D eigenvalue weighted by Gasteiger charge is -2.32. The van der Waals surface area contributed by atoms with E-state index in [2.05, 4.69) is 153 Å². The number of methoxy groups -OCH3 is 1. The zero-order valence-corrected chi connectivity index (χ0v) is 65.2. The summed E-state index contributed by atoms with van der Waals surface area (Å²) in [5.41, 5.74) is 0. The van der Waals surface area contributed by atoms with Crippen LogP contribution in [0.4, 0.5) is 0 Å². The molecule has 0 atom stereocenters. The van der Waals surface area contributed by atoms with Crippen LogP contribution in [0.2, 0.25) is 0 Å². The molecule has 1 fully saturated rings. The van der Waals surface area contributed by atoms with Crippen molar-refractivity contribution in [2.45, 2.75) is 170 Å². The minimum absolute atomic E-state index is 0.0100. The van der Waals surface area contributed by atoms with Crippen LogP contribution < -0.4 is 10.6 Å². The van der Waals surface area contributed by atoms with E-state index < -0.39 is 0 Å². The fraction of sp³-hybridized carbons (Fsp3) is 0.901. The first-order valence-electron chi connectivity index (χ1n) is 35.3. The van der Waals surface area contributed by atoms with Crippen LogP contribution in [0.25, 0.3) is 0 Å². The number of nitrogens with one attached hydrogen (secondary N) is 2. The van der Waals surface area contributed by atoms with Crippen molar-refractivity contribution in [3.63, 3.8) is 0 Å². The molecule has 1 heterocycles. The van der Waals surface area contributed by atoms with Gasteiger partial charge in [0.25, 0.3) is 0 Å². The smallest absolute Gasteiger partial charge is 0.241 e. The maximum Gasteiger partial charge on any atom is 0.241 e. The molecule has 0 radical (unpaired) electrons. The summed E-state index contributed by atoms with van der Waals surface area (Å²) in [5.74, 6) is 5.30. The van der Waals surface area contributed by atoms with Gasteiger partial charge in [0.05, 0.1) is 52.4 Å². The second kappa shape index (κ2) is 60.7. The van der Waals surface area contributed by atoms with Crippen molar-refractivity contribution < 1.29 is 38.3 Å². The molecule has 0 aromatic rings. The largest absolute Gasteiger partial charge is 0.383 e. The summed E-state index contributed by atoms with van der Waals surface area (Å²) in [7, 11) is 17.9. The van der Waals surface area contributed by atoms with Gasteiger partial charge < -0.3 is 39.9 Å². The molecule has 0 unspecified atom stereocenters. The fourth-order valence-electron chi connectivity index (χ4n) is 9.95. The van der Waals surface area contributed by atoms with Crippen molar-refractivity contribution in [3.05, 3.63) is 0 Å². The van der Waals surface area contributed by atoms with Crippen molar-refractivity contribution >= 4 is 41.4 Å². The summed E-state index contributed by atoms with van der Waals surface area (Å²) < 4.78 is 5.03. The molecule has 548 valence electrons. The van der Waals surface area contributed by atoms with E-state index in [4.69, 9.17) is 4.74 Å². The minimum Gasteiger partial charge on any atom is -0.383 e. The quantitative estimate of drug-likeness (QED) is 0.0606. The lowest BCUT2D eigenvalue weighted by molar-refractivity contribution is -0.139. The Morgan fingerprint density at radius 1 is 0.435 bits per heavy atom. The predicted octanol–water partition coefficient (Wildman–Crippen LogP) is 7.84. The molecule has 0 aromatic heterocycles. The summed E-state index contributed by atoms with van der Waals surface area (Å²) in [6, 6.07) is 0. The van der Waals surface area contributed by atoms with E-state index in [1.807, 2.05) is 44.9 Å². The number of likely N-dealkylation sites (N-methyl/N-ethyl adjacent to an activating group) is 7. The molecule has 21 nitrogen and oxygen atoms in total. The summed E-state index contributed by atoms with van der Waals surface area (Å²) >= 11 is 0. The molecule has 92 heavy (non-hydrogen) atoms. The molecule has 0 bridgehead atoms. The predicted molar refractivity (Wildman–Crippen MR) is 388 cm³/mol. The summed E-state index contributed by atoms with van der Waals surface area (Å²) in [6.45, 7) is 55.5. The van der Waals surface area contributed by atoms with Crippen LogP contribution in [0.3, 0.4) is 0 Å². The Balaban J connectivity index is -0.000000330. The highest BCUT2D eigenvalue weighted by Gasteiger charge is 2.23. The second-order valence-corrected chi connectivity index (χ2v) is 28.2. The topological polar surface area (TPSA) is 188 Å². The number of carbonyl (C=O) groups excluding carboxylic acids is 7. The van der Waals surface area contributed by atoms with E-state index in [9.17, 15) is 33.6 Å². The van der Waals surface area contributed by atoms with Crippen LogP contribution >= 0.6 is 0 Å². The molecule has 1 rings (SSSR count). The van der Waals surface area contributed by atoms with Gasteiger partial charge in [-0.1, -0.05) is 124 Å². The molecule has 1 saturated heterocycles. The number of ether oxygens (including phenoxy) is 1. The third-order valence-electron chi connectivity index (χ3n) is 14.3. The minimum atomic E-state index is -0.0447. The van der Waals surface area contributed by atoms with Crippen molar-refractivity contribution in [1.82, 2.24) is 64.5 Å². The third-order valence-corrected chi connectivity index (χ3v) is 14.3. The third kappa shape index (κ3) is 60.9. The summed E-state index contributed by atoms with van der Waals surface area (Å²) in [6.07, 6.45) is 7.95. The van der Waals surface area contributed by atoms with E-state index in [-0.39, 0.29) is 42.0 Å². The first kappa shape index (κ1) is 96.7. The van der Waals surface area contributed by atoms with Crippen molar-refractivity contribution in [2.24, 2.45) is 41.4 Å². The normalized spacial score (nSPS) is 12.3. The Labute approximate surface area is 567 Å².